The van der Waals surface area contributed by atoms with Crippen molar-refractivity contribution in [3.63, 3.8) is 0 Å². The van der Waals surface area contributed by atoms with Crippen molar-refractivity contribution in [3.8, 4) is 5.75 Å². The summed E-state index contributed by atoms with van der Waals surface area (Å²) in [6.45, 7) is 2.77. The van der Waals surface area contributed by atoms with Gasteiger partial charge in [-0.25, -0.2) is 0 Å². The molecule has 1 atom stereocenters. The first-order valence-corrected chi connectivity index (χ1v) is 10.0. The molecule has 0 bridgehead atoms. The first kappa shape index (κ1) is 17.4. The molecule has 1 unspecified atom stereocenters. The van der Waals surface area contributed by atoms with Crippen LogP contribution in [0.5, 0.6) is 5.75 Å². The number of rotatable bonds is 5. The number of halogens is 1. The molecule has 1 amide bonds. The monoisotopic (exact) mass is 405 g/mol. The van der Waals surface area contributed by atoms with Crippen molar-refractivity contribution >= 4 is 33.6 Å². The maximum atomic E-state index is 12.6. The summed E-state index contributed by atoms with van der Waals surface area (Å²) in [4.78, 5) is 12.6. The van der Waals surface area contributed by atoms with Gasteiger partial charge < -0.3 is 10.1 Å². The Hall–Kier alpha value is -1.46. The highest BCUT2D eigenvalue weighted by atomic mass is 79.9. The first-order valence-electron chi connectivity index (χ1n) is 8.07. The van der Waals surface area contributed by atoms with Crippen molar-refractivity contribution < 1.29 is 9.53 Å². The highest BCUT2D eigenvalue weighted by Crippen LogP contribution is 2.34. The largest absolute Gasteiger partial charge is 0.493 e. The van der Waals surface area contributed by atoms with Gasteiger partial charge in [-0.3, -0.25) is 4.79 Å². The van der Waals surface area contributed by atoms with Gasteiger partial charge in [0.15, 0.2) is 0 Å². The molecule has 126 valence electrons. The summed E-state index contributed by atoms with van der Waals surface area (Å²) in [6, 6.07) is 13.8. The van der Waals surface area contributed by atoms with Gasteiger partial charge in [-0.05, 0) is 41.6 Å². The molecular weight excluding hydrogens is 386 g/mol. The zero-order chi connectivity index (χ0) is 16.9. The number of ether oxygens (including phenoxy) is 1. The molecule has 0 saturated carbocycles. The molecule has 1 aliphatic heterocycles. The van der Waals surface area contributed by atoms with Gasteiger partial charge in [0.25, 0.3) is 5.91 Å². The third kappa shape index (κ3) is 4.14. The summed E-state index contributed by atoms with van der Waals surface area (Å²) in [6.07, 6.45) is 0.778. The number of hydrogen-bond donors (Lipinski definition) is 1. The highest BCUT2D eigenvalue weighted by Gasteiger charge is 2.23. The van der Waals surface area contributed by atoms with Gasteiger partial charge in [-0.1, -0.05) is 35.0 Å². The summed E-state index contributed by atoms with van der Waals surface area (Å²) in [5.41, 5.74) is 2.97. The van der Waals surface area contributed by atoms with Gasteiger partial charge in [-0.2, -0.15) is 11.8 Å². The van der Waals surface area contributed by atoms with Gasteiger partial charge >= 0.3 is 0 Å². The minimum Gasteiger partial charge on any atom is -0.493 e. The van der Waals surface area contributed by atoms with E-state index in [1.807, 2.05) is 54.2 Å². The van der Waals surface area contributed by atoms with Gasteiger partial charge in [0, 0.05) is 27.8 Å². The fourth-order valence-corrected chi connectivity index (χ4v) is 3.74. The van der Waals surface area contributed by atoms with Crippen LogP contribution in [0.1, 0.15) is 40.9 Å². The minimum absolute atomic E-state index is 0.0194. The van der Waals surface area contributed by atoms with Crippen LogP contribution in [0.15, 0.2) is 46.9 Å². The van der Waals surface area contributed by atoms with Crippen LogP contribution < -0.4 is 10.1 Å². The van der Waals surface area contributed by atoms with E-state index in [1.54, 1.807) is 0 Å². The Balaban J connectivity index is 1.70. The topological polar surface area (TPSA) is 38.3 Å². The maximum Gasteiger partial charge on any atom is 0.251 e. The SMILES string of the molecule is CCSCc1ccc(C(=O)NC2CCOc3ccc(Br)cc32)cc1. The van der Waals surface area contributed by atoms with Crippen molar-refractivity contribution in [2.24, 2.45) is 0 Å². The van der Waals surface area contributed by atoms with Gasteiger partial charge in [-0.15, -0.1) is 0 Å². The summed E-state index contributed by atoms with van der Waals surface area (Å²) < 4.78 is 6.66. The lowest BCUT2D eigenvalue weighted by molar-refractivity contribution is 0.0925. The minimum atomic E-state index is -0.0393. The number of thioether (sulfide) groups is 1. The van der Waals surface area contributed by atoms with E-state index in [-0.39, 0.29) is 11.9 Å². The van der Waals surface area contributed by atoms with E-state index in [0.717, 1.165) is 33.7 Å². The molecule has 5 heteroatoms. The van der Waals surface area contributed by atoms with E-state index < -0.39 is 0 Å². The van der Waals surface area contributed by atoms with Crippen LogP contribution in [0.25, 0.3) is 0 Å². The van der Waals surface area contributed by atoms with Gasteiger partial charge in [0.2, 0.25) is 0 Å². The molecule has 1 aliphatic rings. The van der Waals surface area contributed by atoms with Crippen LogP contribution >= 0.6 is 27.7 Å². The number of amides is 1. The van der Waals surface area contributed by atoms with Crippen molar-refractivity contribution in [1.29, 1.82) is 0 Å². The third-order valence-electron chi connectivity index (χ3n) is 4.01. The molecule has 0 aliphatic carbocycles. The lowest BCUT2D eigenvalue weighted by Crippen LogP contribution is -2.32. The number of benzene rings is 2. The zero-order valence-electron chi connectivity index (χ0n) is 13.5. The Morgan fingerprint density at radius 2 is 2.08 bits per heavy atom. The van der Waals surface area contributed by atoms with E-state index in [4.69, 9.17) is 4.74 Å². The second-order valence-electron chi connectivity index (χ2n) is 5.68. The lowest BCUT2D eigenvalue weighted by atomic mass is 10.00. The van der Waals surface area contributed by atoms with E-state index >= 15 is 0 Å². The molecule has 2 aromatic rings. The summed E-state index contributed by atoms with van der Waals surface area (Å²) in [5, 5.41) is 3.14. The molecular formula is C19H20BrNO2S. The highest BCUT2D eigenvalue weighted by molar-refractivity contribution is 9.10. The fourth-order valence-electron chi connectivity index (χ4n) is 2.73. The third-order valence-corrected chi connectivity index (χ3v) is 5.44. The summed E-state index contributed by atoms with van der Waals surface area (Å²) >= 11 is 5.37. The second kappa shape index (κ2) is 8.08. The number of fused-ring (bicyclic) bond motifs is 1. The molecule has 0 spiro atoms. The molecule has 0 radical (unpaired) electrons. The van der Waals surface area contributed by atoms with Crippen LogP contribution in [0.2, 0.25) is 0 Å². The molecule has 0 fully saturated rings. The van der Waals surface area contributed by atoms with Crippen molar-refractivity contribution in [1.82, 2.24) is 5.32 Å². The Labute approximate surface area is 155 Å². The van der Waals surface area contributed by atoms with Crippen LogP contribution in [-0.4, -0.2) is 18.3 Å². The molecule has 1 heterocycles. The first-order chi connectivity index (χ1) is 11.7. The average Bonchev–Trinajstić information content (AvgIpc) is 2.61. The smallest absolute Gasteiger partial charge is 0.251 e. The Morgan fingerprint density at radius 1 is 1.29 bits per heavy atom. The van der Waals surface area contributed by atoms with Crippen LogP contribution in [0.3, 0.4) is 0 Å². The predicted molar refractivity (Wildman–Crippen MR) is 103 cm³/mol. The standard InChI is InChI=1S/C19H20BrNO2S/c1-2-24-12-13-3-5-14(6-4-13)19(22)21-17-9-10-23-18-8-7-15(20)11-16(17)18/h3-8,11,17H,2,9-10,12H2,1H3,(H,21,22). The van der Waals surface area contributed by atoms with Crippen molar-refractivity contribution in [2.45, 2.75) is 25.1 Å². The molecule has 0 saturated heterocycles. The predicted octanol–water partition coefficient (Wildman–Crippen LogP) is 4.96. The van der Waals surface area contributed by atoms with E-state index in [1.165, 1.54) is 5.56 Å². The normalized spacial score (nSPS) is 16.2. The molecule has 24 heavy (non-hydrogen) atoms. The summed E-state index contributed by atoms with van der Waals surface area (Å²) in [7, 11) is 0. The molecule has 2 aromatic carbocycles. The van der Waals surface area contributed by atoms with Crippen LogP contribution in [0, 0.1) is 0 Å². The number of carbonyl (C=O) groups is 1. The number of hydrogen-bond acceptors (Lipinski definition) is 3. The van der Waals surface area contributed by atoms with E-state index in [2.05, 4.69) is 28.2 Å². The summed E-state index contributed by atoms with van der Waals surface area (Å²) in [5.74, 6) is 2.89. The Bertz CT molecular complexity index is 718. The van der Waals surface area contributed by atoms with Crippen LogP contribution in [-0.2, 0) is 5.75 Å². The quantitative estimate of drug-likeness (QED) is 0.763. The van der Waals surface area contributed by atoms with Gasteiger partial charge in [0.1, 0.15) is 5.75 Å². The fraction of sp³-hybridized carbons (Fsp3) is 0.316. The molecule has 3 rings (SSSR count). The number of carbonyl (C=O) groups excluding carboxylic acids is 1. The number of nitrogens with one attached hydrogen (secondary N) is 1. The zero-order valence-corrected chi connectivity index (χ0v) is 16.0. The Kier molecular flexibility index (Phi) is 5.85. The second-order valence-corrected chi connectivity index (χ2v) is 7.87. The van der Waals surface area contributed by atoms with Gasteiger partial charge in [0.05, 0.1) is 12.6 Å². The molecule has 1 N–H and O–H groups in total. The van der Waals surface area contributed by atoms with Crippen molar-refractivity contribution in [3.05, 3.63) is 63.6 Å². The lowest BCUT2D eigenvalue weighted by Gasteiger charge is -2.27. The molecule has 3 nitrogen and oxygen atoms in total. The Morgan fingerprint density at radius 3 is 2.83 bits per heavy atom. The van der Waals surface area contributed by atoms with E-state index in [9.17, 15) is 4.79 Å². The van der Waals surface area contributed by atoms with E-state index in [0.29, 0.717) is 12.2 Å². The van der Waals surface area contributed by atoms with Crippen LogP contribution in [0.4, 0.5) is 0 Å². The maximum absolute atomic E-state index is 12.6. The van der Waals surface area contributed by atoms with Crippen molar-refractivity contribution in [2.75, 3.05) is 12.4 Å². The molecule has 0 aromatic heterocycles. The average molecular weight is 406 g/mol.